The lowest BCUT2D eigenvalue weighted by molar-refractivity contribution is 0.0474. The van der Waals surface area contributed by atoms with Crippen molar-refractivity contribution >= 4 is 11.8 Å². The number of esters is 1. The van der Waals surface area contributed by atoms with Gasteiger partial charge in [-0.1, -0.05) is 17.7 Å². The van der Waals surface area contributed by atoms with Gasteiger partial charge in [0.15, 0.2) is 12.4 Å². The summed E-state index contributed by atoms with van der Waals surface area (Å²) in [5, 5.41) is 0. The van der Waals surface area contributed by atoms with Gasteiger partial charge in [-0.25, -0.2) is 4.79 Å². The molecular weight excluding hydrogens is 366 g/mol. The predicted molar refractivity (Wildman–Crippen MR) is 112 cm³/mol. The van der Waals surface area contributed by atoms with Gasteiger partial charge in [0.2, 0.25) is 0 Å². The van der Waals surface area contributed by atoms with Crippen LogP contribution in [0.3, 0.4) is 0 Å². The molecule has 0 fully saturated rings. The first-order valence-electron chi connectivity index (χ1n) is 9.60. The number of rotatable bonds is 7. The summed E-state index contributed by atoms with van der Waals surface area (Å²) in [5.74, 6) is -0.0610. The first kappa shape index (κ1) is 20.4. The lowest BCUT2D eigenvalue weighted by Crippen LogP contribution is -2.15. The van der Waals surface area contributed by atoms with Crippen molar-refractivity contribution in [2.45, 2.75) is 27.7 Å². The van der Waals surface area contributed by atoms with E-state index < -0.39 is 5.97 Å². The third kappa shape index (κ3) is 4.57. The van der Waals surface area contributed by atoms with Gasteiger partial charge in [0.1, 0.15) is 5.75 Å². The molecule has 1 aromatic heterocycles. The van der Waals surface area contributed by atoms with Gasteiger partial charge in [-0.2, -0.15) is 0 Å². The zero-order chi connectivity index (χ0) is 21.0. The Balaban J connectivity index is 1.70. The van der Waals surface area contributed by atoms with Crippen molar-refractivity contribution in [1.82, 2.24) is 4.57 Å². The van der Waals surface area contributed by atoms with Gasteiger partial charge >= 0.3 is 5.97 Å². The Hall–Kier alpha value is -3.34. The first-order chi connectivity index (χ1) is 13.9. The maximum absolute atomic E-state index is 12.6. The van der Waals surface area contributed by atoms with Crippen molar-refractivity contribution in [2.24, 2.45) is 0 Å². The number of ketones is 1. The number of nitrogens with zero attached hydrogens (tertiary/aromatic N) is 1. The molecule has 29 heavy (non-hydrogen) atoms. The van der Waals surface area contributed by atoms with Crippen molar-refractivity contribution in [3.8, 4) is 11.4 Å². The summed E-state index contributed by atoms with van der Waals surface area (Å²) in [4.78, 5) is 24.9. The van der Waals surface area contributed by atoms with E-state index in [9.17, 15) is 9.59 Å². The summed E-state index contributed by atoms with van der Waals surface area (Å²) in [5.41, 5.74) is 4.80. The van der Waals surface area contributed by atoms with E-state index in [1.54, 1.807) is 30.3 Å². The number of hydrogen-bond acceptors (Lipinski definition) is 4. The fourth-order valence-electron chi connectivity index (χ4n) is 3.26. The minimum atomic E-state index is -0.504. The van der Waals surface area contributed by atoms with E-state index in [1.165, 1.54) is 5.56 Å². The molecule has 0 N–H and O–H groups in total. The normalized spacial score (nSPS) is 10.6. The van der Waals surface area contributed by atoms with E-state index >= 15 is 0 Å². The highest BCUT2D eigenvalue weighted by Crippen LogP contribution is 2.22. The van der Waals surface area contributed by atoms with Gasteiger partial charge in [-0.15, -0.1) is 0 Å². The molecule has 3 aromatic rings. The van der Waals surface area contributed by atoms with E-state index in [-0.39, 0.29) is 12.4 Å². The monoisotopic (exact) mass is 391 g/mol. The first-order valence-corrected chi connectivity index (χ1v) is 9.60. The van der Waals surface area contributed by atoms with Crippen LogP contribution in [0.25, 0.3) is 5.69 Å². The van der Waals surface area contributed by atoms with Gasteiger partial charge in [0, 0.05) is 22.6 Å². The molecule has 5 nitrogen and oxygen atoms in total. The van der Waals surface area contributed by atoms with Crippen molar-refractivity contribution in [2.75, 3.05) is 13.2 Å². The molecule has 0 atom stereocenters. The summed E-state index contributed by atoms with van der Waals surface area (Å²) < 4.78 is 12.7. The Morgan fingerprint density at radius 2 is 1.59 bits per heavy atom. The van der Waals surface area contributed by atoms with Crippen LogP contribution in [0, 0.1) is 20.8 Å². The lowest BCUT2D eigenvalue weighted by atomic mass is 10.1. The number of Topliss-reactive ketones (excluding diaryl/α,β-unsaturated/α-hetero) is 1. The molecule has 5 heteroatoms. The molecular formula is C24H25NO4. The smallest absolute Gasteiger partial charge is 0.340 e. The van der Waals surface area contributed by atoms with Crippen molar-refractivity contribution < 1.29 is 19.1 Å². The SMILES string of the molecule is CCOc1ccc(C(=O)COC(=O)c2cc(C)n(-c3ccc(C)cc3)c2C)cc1. The molecule has 150 valence electrons. The van der Waals surface area contributed by atoms with Crippen LogP contribution >= 0.6 is 0 Å². The summed E-state index contributed by atoms with van der Waals surface area (Å²) in [7, 11) is 0. The molecule has 0 aliphatic rings. The number of aromatic nitrogens is 1. The van der Waals surface area contributed by atoms with Crippen LogP contribution in [0.1, 0.15) is 44.6 Å². The second kappa shape index (κ2) is 8.78. The van der Waals surface area contributed by atoms with Crippen LogP contribution in [-0.2, 0) is 4.74 Å². The molecule has 0 unspecified atom stereocenters. The van der Waals surface area contributed by atoms with Crippen molar-refractivity contribution in [3.05, 3.63) is 82.7 Å². The highest BCUT2D eigenvalue weighted by atomic mass is 16.5. The number of ether oxygens (including phenoxy) is 2. The number of carbonyl (C=O) groups is 2. The molecule has 1 heterocycles. The average molecular weight is 391 g/mol. The van der Waals surface area contributed by atoms with Crippen LogP contribution in [0.15, 0.2) is 54.6 Å². The molecule has 0 spiro atoms. The molecule has 0 saturated heterocycles. The minimum absolute atomic E-state index is 0.256. The number of benzene rings is 2. The van der Waals surface area contributed by atoms with Gasteiger partial charge in [0.25, 0.3) is 0 Å². The Kier molecular flexibility index (Phi) is 6.17. The standard InChI is InChI=1S/C24H25NO4/c1-5-28-21-12-8-19(9-13-21)23(26)15-29-24(27)22-14-17(3)25(18(22)4)20-10-6-16(2)7-11-20/h6-14H,5,15H2,1-4H3. The maximum Gasteiger partial charge on any atom is 0.340 e. The van der Waals surface area contributed by atoms with Gasteiger partial charge in [-0.05, 0) is 70.2 Å². The highest BCUT2D eigenvalue weighted by Gasteiger charge is 2.19. The molecule has 0 bridgehead atoms. The Morgan fingerprint density at radius 1 is 0.931 bits per heavy atom. The summed E-state index contributed by atoms with van der Waals surface area (Å²) in [6.45, 7) is 8.00. The van der Waals surface area contributed by atoms with Crippen LogP contribution in [-0.4, -0.2) is 29.5 Å². The molecule has 2 aromatic carbocycles. The number of aryl methyl sites for hydroxylation is 2. The largest absolute Gasteiger partial charge is 0.494 e. The Morgan fingerprint density at radius 3 is 2.21 bits per heavy atom. The molecule has 0 aliphatic carbocycles. The maximum atomic E-state index is 12.6. The second-order valence-electron chi connectivity index (χ2n) is 6.91. The minimum Gasteiger partial charge on any atom is -0.494 e. The molecule has 0 aliphatic heterocycles. The van der Waals surface area contributed by atoms with Crippen LogP contribution in [0.5, 0.6) is 5.75 Å². The van der Waals surface area contributed by atoms with Crippen LogP contribution in [0.2, 0.25) is 0 Å². The van der Waals surface area contributed by atoms with E-state index in [1.807, 2.05) is 56.5 Å². The van der Waals surface area contributed by atoms with E-state index in [0.717, 1.165) is 17.1 Å². The van der Waals surface area contributed by atoms with Gasteiger partial charge in [-0.3, -0.25) is 4.79 Å². The van der Waals surface area contributed by atoms with E-state index in [4.69, 9.17) is 9.47 Å². The van der Waals surface area contributed by atoms with Crippen molar-refractivity contribution in [1.29, 1.82) is 0 Å². The van der Waals surface area contributed by atoms with Crippen molar-refractivity contribution in [3.63, 3.8) is 0 Å². The predicted octanol–water partition coefficient (Wildman–Crippen LogP) is 4.84. The van der Waals surface area contributed by atoms with Gasteiger partial charge in [0.05, 0.1) is 12.2 Å². The summed E-state index contributed by atoms with van der Waals surface area (Å²) in [6.07, 6.45) is 0. The zero-order valence-electron chi connectivity index (χ0n) is 17.2. The average Bonchev–Trinajstić information content (AvgIpc) is 3.01. The third-order valence-electron chi connectivity index (χ3n) is 4.76. The molecule has 0 amide bonds. The summed E-state index contributed by atoms with van der Waals surface area (Å²) >= 11 is 0. The second-order valence-corrected chi connectivity index (χ2v) is 6.91. The third-order valence-corrected chi connectivity index (χ3v) is 4.76. The molecule has 0 saturated carbocycles. The van der Waals surface area contributed by atoms with E-state index in [0.29, 0.717) is 23.5 Å². The van der Waals surface area contributed by atoms with Crippen LogP contribution < -0.4 is 4.74 Å². The fourth-order valence-corrected chi connectivity index (χ4v) is 3.26. The Labute approximate surface area is 170 Å². The number of hydrogen-bond donors (Lipinski definition) is 0. The molecule has 0 radical (unpaired) electrons. The van der Waals surface area contributed by atoms with Gasteiger partial charge < -0.3 is 14.0 Å². The lowest BCUT2D eigenvalue weighted by Gasteiger charge is -2.10. The zero-order valence-corrected chi connectivity index (χ0v) is 17.2. The molecule has 3 rings (SSSR count). The number of carbonyl (C=O) groups excluding carboxylic acids is 2. The quantitative estimate of drug-likeness (QED) is 0.427. The van der Waals surface area contributed by atoms with E-state index in [2.05, 4.69) is 0 Å². The topological polar surface area (TPSA) is 57.5 Å². The Bertz CT molecular complexity index is 1010. The summed E-state index contributed by atoms with van der Waals surface area (Å²) in [6, 6.07) is 16.7. The fraction of sp³-hybridized carbons (Fsp3) is 0.250. The van der Waals surface area contributed by atoms with Crippen LogP contribution in [0.4, 0.5) is 0 Å². The highest BCUT2D eigenvalue weighted by molar-refractivity contribution is 5.99.